The number of hydrogen-bond donors (Lipinski definition) is 1. The molecule has 0 aliphatic rings. The van der Waals surface area contributed by atoms with Gasteiger partial charge in [0, 0.05) is 28.1 Å². The molecule has 5 rings (SSSR count). The van der Waals surface area contributed by atoms with Gasteiger partial charge >= 0.3 is 0 Å². The standard InChI is InChI=1S/C18H12Cl3S.C14H12O6S.H2/c19-13-1-7-16(8-2-13)22(17-9-3-14(20)4-10-17)18-11-5-15(21)6-12-18;1-20-12-8-11(15)10(7-13(12)21(17,18)19)14(16)9-5-3-2-4-6-9;/h1-12H;2-8,15H,1H3,(H,17,18,19);1H/q+1;;/p-1/i;;1+1. The molecule has 0 bridgehead atoms. The average molecular weight is 677 g/mol. The molecule has 5 aromatic carbocycles. The third-order valence-corrected chi connectivity index (χ3v) is 9.82. The Kier molecular flexibility index (Phi) is 10.8. The molecule has 43 heavy (non-hydrogen) atoms. The van der Waals surface area contributed by atoms with Crippen LogP contribution in [-0.4, -0.2) is 31.0 Å². The number of halogens is 3. The minimum atomic E-state index is -4.84. The zero-order valence-electron chi connectivity index (χ0n) is 22.4. The van der Waals surface area contributed by atoms with Crippen LogP contribution in [0.4, 0.5) is 0 Å². The van der Waals surface area contributed by atoms with Gasteiger partial charge in [-0.1, -0.05) is 65.1 Å². The van der Waals surface area contributed by atoms with Crippen LogP contribution < -0.4 is 4.74 Å². The first-order valence-corrected chi connectivity index (χ1v) is 16.2. The summed E-state index contributed by atoms with van der Waals surface area (Å²) in [5.41, 5.74) is -0.0244. The molecule has 0 aliphatic heterocycles. The molecule has 222 valence electrons. The molecule has 0 aliphatic carbocycles. The number of hydrogen-bond acceptors (Lipinski definition) is 6. The molecule has 0 saturated carbocycles. The minimum absolute atomic E-state index is 0. The van der Waals surface area contributed by atoms with Crippen molar-refractivity contribution in [3.63, 3.8) is 0 Å². The Balaban J connectivity index is 0.000000235. The maximum atomic E-state index is 12.2. The molecular weight excluding hydrogens is 651 g/mol. The molecule has 1 N–H and O–H groups in total. The Bertz CT molecular complexity index is 1710. The molecule has 6 nitrogen and oxygen atoms in total. The summed E-state index contributed by atoms with van der Waals surface area (Å²) in [6.45, 7) is 0. The smallest absolute Gasteiger partial charge is 0.196 e. The molecule has 5 aromatic rings. The molecule has 0 amide bonds. The molecule has 0 atom stereocenters. The number of carbonyl (C=O) groups is 1. The molecule has 0 unspecified atom stereocenters. The molecule has 0 aromatic heterocycles. The van der Waals surface area contributed by atoms with Crippen LogP contribution in [0.3, 0.4) is 0 Å². The van der Waals surface area contributed by atoms with Gasteiger partial charge in [0.25, 0.3) is 0 Å². The molecule has 0 heterocycles. The van der Waals surface area contributed by atoms with Crippen molar-refractivity contribution in [1.82, 2.24) is 0 Å². The van der Waals surface area contributed by atoms with Crippen LogP contribution in [-0.2, 0) is 21.0 Å². The fourth-order valence-electron chi connectivity index (χ4n) is 3.95. The summed E-state index contributed by atoms with van der Waals surface area (Å²) >= 11 is 18.1. The summed E-state index contributed by atoms with van der Waals surface area (Å²) in [6, 6.07) is 33.6. The van der Waals surface area contributed by atoms with Gasteiger partial charge in [0.15, 0.2) is 20.5 Å². The molecule has 0 spiro atoms. The highest BCUT2D eigenvalue weighted by molar-refractivity contribution is 7.97. The number of aromatic hydroxyl groups is 1. The topological polar surface area (TPSA) is 104 Å². The van der Waals surface area contributed by atoms with Crippen LogP contribution in [0.5, 0.6) is 11.5 Å². The Hall–Kier alpha value is -3.50. The van der Waals surface area contributed by atoms with Crippen LogP contribution in [0.2, 0.25) is 15.1 Å². The zero-order valence-corrected chi connectivity index (χ0v) is 26.3. The maximum Gasteiger partial charge on any atom is 0.196 e. The second-order valence-electron chi connectivity index (χ2n) is 8.84. The van der Waals surface area contributed by atoms with E-state index in [1.807, 2.05) is 36.4 Å². The largest absolute Gasteiger partial charge is 0.744 e. The lowest BCUT2D eigenvalue weighted by Gasteiger charge is -2.14. The predicted molar refractivity (Wildman–Crippen MR) is 171 cm³/mol. The van der Waals surface area contributed by atoms with E-state index >= 15 is 0 Å². The van der Waals surface area contributed by atoms with Crippen molar-refractivity contribution in [2.75, 3.05) is 7.11 Å². The predicted octanol–water partition coefficient (Wildman–Crippen LogP) is 8.52. The summed E-state index contributed by atoms with van der Waals surface area (Å²) < 4.78 is 38.4. The van der Waals surface area contributed by atoms with Gasteiger partial charge in [-0.15, -0.1) is 0 Å². The van der Waals surface area contributed by atoms with Crippen molar-refractivity contribution in [2.24, 2.45) is 0 Å². The minimum Gasteiger partial charge on any atom is -0.744 e. The highest BCUT2D eigenvalue weighted by atomic mass is 35.5. The van der Waals surface area contributed by atoms with Crippen LogP contribution in [0.15, 0.2) is 135 Å². The number of rotatable bonds is 7. The van der Waals surface area contributed by atoms with E-state index in [1.165, 1.54) is 26.8 Å². The van der Waals surface area contributed by atoms with E-state index in [2.05, 4.69) is 36.4 Å². The van der Waals surface area contributed by atoms with Gasteiger partial charge in [0.05, 0.1) is 28.5 Å². The van der Waals surface area contributed by atoms with Gasteiger partial charge in [0.1, 0.15) is 21.6 Å². The summed E-state index contributed by atoms with van der Waals surface area (Å²) in [5.74, 6) is -1.37. The quantitative estimate of drug-likeness (QED) is 0.105. The second-order valence-corrected chi connectivity index (χ2v) is 13.5. The van der Waals surface area contributed by atoms with Crippen LogP contribution in [0.25, 0.3) is 0 Å². The number of ether oxygens (including phenoxy) is 1. The van der Waals surface area contributed by atoms with Crippen LogP contribution in [0.1, 0.15) is 17.3 Å². The first-order chi connectivity index (χ1) is 20.5. The Morgan fingerprint density at radius 2 is 1.16 bits per heavy atom. The second kappa shape index (κ2) is 14.3. The lowest BCUT2D eigenvalue weighted by Crippen LogP contribution is -2.07. The van der Waals surface area contributed by atoms with Gasteiger partial charge < -0.3 is 14.4 Å². The lowest BCUT2D eigenvalue weighted by atomic mass is 10.0. The van der Waals surface area contributed by atoms with E-state index in [0.29, 0.717) is 0 Å². The Morgan fingerprint density at radius 3 is 1.53 bits per heavy atom. The number of methoxy groups -OCH3 is 1. The van der Waals surface area contributed by atoms with Crippen molar-refractivity contribution in [1.29, 1.82) is 0 Å². The van der Waals surface area contributed by atoms with E-state index in [-0.39, 0.29) is 29.2 Å². The van der Waals surface area contributed by atoms with Crippen LogP contribution >= 0.6 is 34.8 Å². The molecule has 0 fully saturated rings. The highest BCUT2D eigenvalue weighted by Gasteiger charge is 2.28. The lowest BCUT2D eigenvalue weighted by molar-refractivity contribution is 0.103. The third-order valence-electron chi connectivity index (χ3n) is 5.98. The van der Waals surface area contributed by atoms with Gasteiger partial charge in [-0.2, -0.15) is 0 Å². The summed E-state index contributed by atoms with van der Waals surface area (Å²) in [4.78, 5) is 15.2. The molecule has 11 heteroatoms. The normalized spacial score (nSPS) is 11.0. The fraction of sp³-hybridized carbons (Fsp3) is 0.0312. The van der Waals surface area contributed by atoms with Crippen LogP contribution in [0, 0.1) is 0 Å². The van der Waals surface area contributed by atoms with E-state index in [1.54, 1.807) is 18.2 Å². The monoisotopic (exact) mass is 675 g/mol. The molecule has 0 saturated heterocycles. The summed E-state index contributed by atoms with van der Waals surface area (Å²) in [7, 11) is -3.90. The number of carbonyl (C=O) groups excluding carboxylic acids is 1. The first-order valence-electron chi connectivity index (χ1n) is 12.5. The van der Waals surface area contributed by atoms with Gasteiger partial charge in [-0.25, -0.2) is 8.42 Å². The van der Waals surface area contributed by atoms with Crippen molar-refractivity contribution in [3.05, 3.63) is 141 Å². The first kappa shape index (κ1) is 32.4. The van der Waals surface area contributed by atoms with Crippen molar-refractivity contribution < 1.29 is 29.0 Å². The summed E-state index contributed by atoms with van der Waals surface area (Å²) in [5, 5.41) is 12.1. The molecule has 0 radical (unpaired) electrons. The fourth-order valence-corrected chi connectivity index (χ4v) is 7.02. The Labute approximate surface area is 269 Å². The number of benzene rings is 5. The molecular formula is C32H25Cl3O6S2. The average Bonchev–Trinajstić information content (AvgIpc) is 3.00. The van der Waals surface area contributed by atoms with Crippen molar-refractivity contribution in [3.8, 4) is 11.5 Å². The van der Waals surface area contributed by atoms with E-state index in [0.717, 1.165) is 34.3 Å². The highest BCUT2D eigenvalue weighted by Crippen LogP contribution is 2.34. The summed E-state index contributed by atoms with van der Waals surface area (Å²) in [6.07, 6.45) is 0. The maximum absolute atomic E-state index is 12.2. The van der Waals surface area contributed by atoms with E-state index in [4.69, 9.17) is 39.5 Å². The Morgan fingerprint density at radius 1 is 0.744 bits per heavy atom. The van der Waals surface area contributed by atoms with Gasteiger partial charge in [-0.3, -0.25) is 4.79 Å². The zero-order chi connectivity index (χ0) is 31.1. The van der Waals surface area contributed by atoms with Crippen molar-refractivity contribution >= 4 is 61.6 Å². The van der Waals surface area contributed by atoms with Gasteiger partial charge in [-0.05, 0) is 78.9 Å². The van der Waals surface area contributed by atoms with Gasteiger partial charge in [0.2, 0.25) is 0 Å². The van der Waals surface area contributed by atoms with Crippen molar-refractivity contribution in [2.45, 2.75) is 19.6 Å². The van der Waals surface area contributed by atoms with E-state index in [9.17, 15) is 22.9 Å². The SMILES string of the molecule is COc1cc(O)c(C(=O)c2ccccc2)cc1S(=O)(=O)[O-].Clc1ccc([S+](c2ccc(Cl)cc2)c2ccc(Cl)cc2)cc1.[2HH]. The van der Waals surface area contributed by atoms with E-state index < -0.39 is 26.5 Å². The number of ketones is 1. The third kappa shape index (κ3) is 8.32. The number of phenols is 1. The number of phenolic OH excluding ortho intramolecular Hbond substituents is 1.